The van der Waals surface area contributed by atoms with Gasteiger partial charge < -0.3 is 10.6 Å². The van der Waals surface area contributed by atoms with Gasteiger partial charge >= 0.3 is 0 Å². The number of amides is 2. The van der Waals surface area contributed by atoms with Crippen molar-refractivity contribution in [2.45, 2.75) is 33.1 Å². The van der Waals surface area contributed by atoms with Crippen LogP contribution in [0.1, 0.15) is 50.4 Å². The zero-order valence-corrected chi connectivity index (χ0v) is 14.7. The largest absolute Gasteiger partial charge is 0.352 e. The van der Waals surface area contributed by atoms with Crippen LogP contribution in [0.4, 0.5) is 5.69 Å². The summed E-state index contributed by atoms with van der Waals surface area (Å²) in [4.78, 5) is 29.3. The fraction of sp³-hybridized carbons (Fsp3) is 0.389. The summed E-state index contributed by atoms with van der Waals surface area (Å²) in [5.41, 5.74) is 2.14. The third-order valence-corrected chi connectivity index (χ3v) is 5.22. The zero-order valence-electron chi connectivity index (χ0n) is 13.9. The monoisotopic (exact) mass is 343 g/mol. The summed E-state index contributed by atoms with van der Waals surface area (Å²) in [7, 11) is 0. The Bertz CT molecular complexity index is 765. The van der Waals surface area contributed by atoms with Gasteiger partial charge in [-0.1, -0.05) is 13.0 Å². The summed E-state index contributed by atoms with van der Waals surface area (Å²) in [6.07, 6.45) is 4.81. The second-order valence-corrected chi connectivity index (χ2v) is 7.22. The number of aromatic nitrogens is 1. The maximum absolute atomic E-state index is 12.4. The highest BCUT2D eigenvalue weighted by Gasteiger charge is 2.22. The Morgan fingerprint density at radius 3 is 2.75 bits per heavy atom. The lowest BCUT2D eigenvalue weighted by Crippen LogP contribution is -2.25. The highest BCUT2D eigenvalue weighted by molar-refractivity contribution is 7.13. The summed E-state index contributed by atoms with van der Waals surface area (Å²) in [5.74, 6) is 0.354. The third kappa shape index (κ3) is 4.00. The molecule has 24 heavy (non-hydrogen) atoms. The number of thiazole rings is 1. The van der Waals surface area contributed by atoms with Crippen LogP contribution >= 0.6 is 11.3 Å². The molecule has 2 amide bonds. The molecule has 1 heterocycles. The summed E-state index contributed by atoms with van der Waals surface area (Å²) in [6, 6.07) is 5.37. The van der Waals surface area contributed by atoms with Gasteiger partial charge in [0.1, 0.15) is 4.88 Å². The van der Waals surface area contributed by atoms with Crippen molar-refractivity contribution in [2.75, 3.05) is 11.9 Å². The second-order valence-electron chi connectivity index (χ2n) is 6.11. The molecule has 3 rings (SSSR count). The number of hydrogen-bond donors (Lipinski definition) is 2. The van der Waals surface area contributed by atoms with Crippen molar-refractivity contribution in [3.63, 3.8) is 0 Å². The van der Waals surface area contributed by atoms with E-state index in [1.807, 2.05) is 19.9 Å². The minimum absolute atomic E-state index is 0.0940. The van der Waals surface area contributed by atoms with E-state index in [9.17, 15) is 9.59 Å². The quantitative estimate of drug-likeness (QED) is 0.844. The van der Waals surface area contributed by atoms with Gasteiger partial charge in [-0.15, -0.1) is 11.3 Å². The van der Waals surface area contributed by atoms with Gasteiger partial charge in [0, 0.05) is 17.8 Å². The third-order valence-electron chi connectivity index (χ3n) is 4.08. The predicted molar refractivity (Wildman–Crippen MR) is 95.7 cm³/mol. The van der Waals surface area contributed by atoms with Crippen molar-refractivity contribution in [1.29, 1.82) is 0 Å². The maximum Gasteiger partial charge on any atom is 0.267 e. The minimum Gasteiger partial charge on any atom is -0.352 e. The Hall–Kier alpha value is -2.21. The van der Waals surface area contributed by atoms with Gasteiger partial charge in [-0.05, 0) is 49.8 Å². The first-order valence-corrected chi connectivity index (χ1v) is 9.03. The molecule has 1 aliphatic rings. The van der Waals surface area contributed by atoms with E-state index < -0.39 is 0 Å². The zero-order chi connectivity index (χ0) is 17.1. The van der Waals surface area contributed by atoms with Gasteiger partial charge in [0.15, 0.2) is 0 Å². The molecule has 0 spiro atoms. The molecule has 0 saturated heterocycles. The van der Waals surface area contributed by atoms with E-state index in [-0.39, 0.29) is 11.8 Å². The SMILES string of the molecule is CCc1ncc(C(=O)Nc2cc(C(=O)NCC3CC3)ccc2C)s1. The molecule has 2 aromatic rings. The highest BCUT2D eigenvalue weighted by atomic mass is 32.1. The van der Waals surface area contributed by atoms with Crippen molar-refractivity contribution >= 4 is 28.8 Å². The average molecular weight is 343 g/mol. The number of nitrogens with zero attached hydrogens (tertiary/aromatic N) is 1. The average Bonchev–Trinajstić information content (AvgIpc) is 3.28. The first-order chi connectivity index (χ1) is 11.6. The summed E-state index contributed by atoms with van der Waals surface area (Å²) in [6.45, 7) is 4.65. The lowest BCUT2D eigenvalue weighted by molar-refractivity contribution is 0.0950. The van der Waals surface area contributed by atoms with Crippen molar-refractivity contribution in [3.05, 3.63) is 45.4 Å². The van der Waals surface area contributed by atoms with Crippen LogP contribution in [-0.4, -0.2) is 23.3 Å². The summed E-state index contributed by atoms with van der Waals surface area (Å²) < 4.78 is 0. The Morgan fingerprint density at radius 1 is 1.29 bits per heavy atom. The van der Waals surface area contributed by atoms with Crippen LogP contribution in [0.25, 0.3) is 0 Å². The molecule has 0 unspecified atom stereocenters. The van der Waals surface area contributed by atoms with Gasteiger partial charge in [-0.2, -0.15) is 0 Å². The van der Waals surface area contributed by atoms with E-state index in [2.05, 4.69) is 15.6 Å². The van der Waals surface area contributed by atoms with Crippen LogP contribution in [0.3, 0.4) is 0 Å². The van der Waals surface area contributed by atoms with Crippen LogP contribution in [0.15, 0.2) is 24.4 Å². The van der Waals surface area contributed by atoms with Gasteiger partial charge in [0.25, 0.3) is 11.8 Å². The lowest BCUT2D eigenvalue weighted by Gasteiger charge is -2.10. The van der Waals surface area contributed by atoms with E-state index in [0.29, 0.717) is 22.0 Å². The van der Waals surface area contributed by atoms with Crippen molar-refractivity contribution in [2.24, 2.45) is 5.92 Å². The molecular formula is C18H21N3O2S. The molecule has 1 aromatic carbocycles. The Balaban J connectivity index is 1.70. The van der Waals surface area contributed by atoms with E-state index in [1.54, 1.807) is 18.3 Å². The van der Waals surface area contributed by atoms with Gasteiger partial charge in [-0.25, -0.2) is 4.98 Å². The number of carbonyl (C=O) groups is 2. The molecular weight excluding hydrogens is 322 g/mol. The van der Waals surface area contributed by atoms with Crippen LogP contribution in [0.2, 0.25) is 0 Å². The van der Waals surface area contributed by atoms with E-state index in [1.165, 1.54) is 24.2 Å². The molecule has 2 N–H and O–H groups in total. The van der Waals surface area contributed by atoms with Crippen molar-refractivity contribution in [3.8, 4) is 0 Å². The van der Waals surface area contributed by atoms with Crippen LogP contribution < -0.4 is 10.6 Å². The van der Waals surface area contributed by atoms with Crippen LogP contribution in [-0.2, 0) is 6.42 Å². The topological polar surface area (TPSA) is 71.1 Å². The fourth-order valence-corrected chi connectivity index (χ4v) is 3.07. The number of rotatable bonds is 6. The van der Waals surface area contributed by atoms with E-state index in [4.69, 9.17) is 0 Å². The van der Waals surface area contributed by atoms with Crippen molar-refractivity contribution < 1.29 is 9.59 Å². The molecule has 5 nitrogen and oxygen atoms in total. The van der Waals surface area contributed by atoms with E-state index >= 15 is 0 Å². The van der Waals surface area contributed by atoms with Crippen molar-refractivity contribution in [1.82, 2.24) is 10.3 Å². The molecule has 0 atom stereocenters. The molecule has 1 aromatic heterocycles. The molecule has 0 aliphatic heterocycles. The number of carbonyl (C=O) groups excluding carboxylic acids is 2. The Labute approximate surface area is 145 Å². The number of anilines is 1. The normalized spacial score (nSPS) is 13.6. The van der Waals surface area contributed by atoms with Gasteiger partial charge in [0.05, 0.1) is 11.2 Å². The number of aryl methyl sites for hydroxylation is 2. The molecule has 1 aliphatic carbocycles. The Kier molecular flexibility index (Phi) is 4.94. The van der Waals surface area contributed by atoms with Gasteiger partial charge in [-0.3, -0.25) is 9.59 Å². The van der Waals surface area contributed by atoms with Gasteiger partial charge in [0.2, 0.25) is 0 Å². The highest BCUT2D eigenvalue weighted by Crippen LogP contribution is 2.27. The Morgan fingerprint density at radius 2 is 2.08 bits per heavy atom. The number of benzene rings is 1. The molecule has 0 bridgehead atoms. The predicted octanol–water partition coefficient (Wildman–Crippen LogP) is 3.41. The van der Waals surface area contributed by atoms with Crippen LogP contribution in [0, 0.1) is 12.8 Å². The number of nitrogens with one attached hydrogen (secondary N) is 2. The standard InChI is InChI=1S/C18H21N3O2S/c1-3-16-19-10-15(24-16)18(23)21-14-8-13(7-4-11(14)2)17(22)20-9-12-5-6-12/h4,7-8,10,12H,3,5-6,9H2,1-2H3,(H,20,22)(H,21,23). The molecule has 126 valence electrons. The fourth-order valence-electron chi connectivity index (χ4n) is 2.32. The minimum atomic E-state index is -0.189. The molecule has 0 radical (unpaired) electrons. The molecule has 1 fully saturated rings. The van der Waals surface area contributed by atoms with E-state index in [0.717, 1.165) is 23.5 Å². The smallest absolute Gasteiger partial charge is 0.267 e. The number of hydrogen-bond acceptors (Lipinski definition) is 4. The summed E-state index contributed by atoms with van der Waals surface area (Å²) in [5, 5.41) is 6.77. The molecule has 6 heteroatoms. The first-order valence-electron chi connectivity index (χ1n) is 8.21. The summed E-state index contributed by atoms with van der Waals surface area (Å²) >= 11 is 1.39. The lowest BCUT2D eigenvalue weighted by atomic mass is 10.1. The maximum atomic E-state index is 12.4. The molecule has 1 saturated carbocycles. The second kappa shape index (κ2) is 7.13. The first kappa shape index (κ1) is 16.6. The van der Waals surface area contributed by atoms with Crippen LogP contribution in [0.5, 0.6) is 0 Å².